The number of hydrogen-bond donors (Lipinski definition) is 1. The third kappa shape index (κ3) is 2.82. The van der Waals surface area contributed by atoms with E-state index in [1.54, 1.807) is 18.2 Å². The van der Waals surface area contributed by atoms with Crippen LogP contribution in [0.1, 0.15) is 25.8 Å². The van der Waals surface area contributed by atoms with E-state index in [0.717, 1.165) is 18.4 Å². The van der Waals surface area contributed by atoms with Gasteiger partial charge in [0.15, 0.2) is 0 Å². The first kappa shape index (κ1) is 14.1. The number of sulfonamides is 1. The lowest BCUT2D eigenvalue weighted by molar-refractivity contribution is 0.431. The predicted molar refractivity (Wildman–Crippen MR) is 77.4 cm³/mol. The SMILES string of the molecule is CCc1ccc(S(=O)(=O)N2CC=C(C)CC2)cc1N. The fourth-order valence-corrected chi connectivity index (χ4v) is 3.59. The molecule has 0 fully saturated rings. The minimum atomic E-state index is -3.42. The molecule has 5 heteroatoms. The fourth-order valence-electron chi connectivity index (χ4n) is 2.17. The standard InChI is InChI=1S/C14H20N2O2S/c1-3-12-4-5-13(10-14(12)15)19(17,18)16-8-6-11(2)7-9-16/h4-6,10H,3,7-9,15H2,1-2H3. The summed E-state index contributed by atoms with van der Waals surface area (Å²) < 4.78 is 26.5. The number of nitrogens with two attached hydrogens (primary N) is 1. The number of aryl methyl sites for hydroxylation is 1. The summed E-state index contributed by atoms with van der Waals surface area (Å²) in [6.45, 7) is 5.01. The predicted octanol–water partition coefficient (Wildman–Crippen LogP) is 2.17. The lowest BCUT2D eigenvalue weighted by atomic mass is 10.1. The molecule has 104 valence electrons. The maximum Gasteiger partial charge on any atom is 0.243 e. The first-order valence-corrected chi connectivity index (χ1v) is 7.93. The van der Waals surface area contributed by atoms with Crippen LogP contribution in [0.5, 0.6) is 0 Å². The molecular weight excluding hydrogens is 260 g/mol. The van der Waals surface area contributed by atoms with Gasteiger partial charge in [-0.1, -0.05) is 24.6 Å². The molecule has 1 aliphatic rings. The van der Waals surface area contributed by atoms with Crippen LogP contribution in [0.15, 0.2) is 34.7 Å². The molecule has 0 atom stereocenters. The smallest absolute Gasteiger partial charge is 0.243 e. The molecule has 0 aromatic heterocycles. The van der Waals surface area contributed by atoms with E-state index in [-0.39, 0.29) is 4.90 Å². The zero-order valence-electron chi connectivity index (χ0n) is 11.4. The Hall–Kier alpha value is -1.33. The Morgan fingerprint density at radius 2 is 2.11 bits per heavy atom. The van der Waals surface area contributed by atoms with Crippen LogP contribution in [0.25, 0.3) is 0 Å². The van der Waals surface area contributed by atoms with Crippen LogP contribution in [-0.4, -0.2) is 25.8 Å². The van der Waals surface area contributed by atoms with Gasteiger partial charge in [0, 0.05) is 18.8 Å². The zero-order valence-corrected chi connectivity index (χ0v) is 12.2. The van der Waals surface area contributed by atoms with Gasteiger partial charge in [0.05, 0.1) is 4.90 Å². The second-order valence-corrected chi connectivity index (χ2v) is 6.82. The van der Waals surface area contributed by atoms with Gasteiger partial charge in [-0.2, -0.15) is 4.31 Å². The zero-order chi connectivity index (χ0) is 14.0. The van der Waals surface area contributed by atoms with E-state index in [9.17, 15) is 8.42 Å². The van der Waals surface area contributed by atoms with Crippen LogP contribution in [-0.2, 0) is 16.4 Å². The van der Waals surface area contributed by atoms with Gasteiger partial charge in [0.1, 0.15) is 0 Å². The van der Waals surface area contributed by atoms with E-state index in [2.05, 4.69) is 0 Å². The highest BCUT2D eigenvalue weighted by Gasteiger charge is 2.25. The van der Waals surface area contributed by atoms with Gasteiger partial charge >= 0.3 is 0 Å². The summed E-state index contributed by atoms with van der Waals surface area (Å²) in [5.74, 6) is 0. The topological polar surface area (TPSA) is 63.4 Å². The maximum atomic E-state index is 12.5. The van der Waals surface area contributed by atoms with Crippen molar-refractivity contribution in [1.82, 2.24) is 4.31 Å². The number of rotatable bonds is 3. The van der Waals surface area contributed by atoms with Crippen molar-refractivity contribution < 1.29 is 8.42 Å². The minimum absolute atomic E-state index is 0.287. The normalized spacial score (nSPS) is 17.3. The van der Waals surface area contributed by atoms with Gasteiger partial charge in [0.25, 0.3) is 0 Å². The maximum absolute atomic E-state index is 12.5. The van der Waals surface area contributed by atoms with E-state index in [4.69, 9.17) is 5.73 Å². The minimum Gasteiger partial charge on any atom is -0.398 e. The summed E-state index contributed by atoms with van der Waals surface area (Å²) in [5, 5.41) is 0. The van der Waals surface area contributed by atoms with Crippen molar-refractivity contribution in [3.8, 4) is 0 Å². The Kier molecular flexibility index (Phi) is 3.96. The second-order valence-electron chi connectivity index (χ2n) is 4.88. The Bertz CT molecular complexity index is 606. The first-order valence-electron chi connectivity index (χ1n) is 6.49. The summed E-state index contributed by atoms with van der Waals surface area (Å²) in [6.07, 6.45) is 3.56. The van der Waals surface area contributed by atoms with E-state index in [0.29, 0.717) is 18.8 Å². The van der Waals surface area contributed by atoms with E-state index < -0.39 is 10.0 Å². The molecule has 0 saturated heterocycles. The van der Waals surface area contributed by atoms with Crippen molar-refractivity contribution >= 4 is 15.7 Å². The van der Waals surface area contributed by atoms with Crippen LogP contribution >= 0.6 is 0 Å². The van der Waals surface area contributed by atoms with Gasteiger partial charge < -0.3 is 5.73 Å². The highest BCUT2D eigenvalue weighted by molar-refractivity contribution is 7.89. The second kappa shape index (κ2) is 5.35. The molecule has 4 nitrogen and oxygen atoms in total. The third-order valence-corrected chi connectivity index (χ3v) is 5.40. The molecule has 0 spiro atoms. The molecule has 1 aromatic rings. The lowest BCUT2D eigenvalue weighted by Gasteiger charge is -2.25. The molecular formula is C14H20N2O2S. The van der Waals surface area contributed by atoms with Crippen LogP contribution in [0.2, 0.25) is 0 Å². The van der Waals surface area contributed by atoms with Gasteiger partial charge in [-0.3, -0.25) is 0 Å². The molecule has 2 rings (SSSR count). The van der Waals surface area contributed by atoms with Crippen molar-refractivity contribution in [2.24, 2.45) is 0 Å². The summed E-state index contributed by atoms with van der Waals surface area (Å²) in [5.41, 5.74) is 8.66. The number of hydrogen-bond acceptors (Lipinski definition) is 3. The molecule has 0 unspecified atom stereocenters. The molecule has 1 aliphatic heterocycles. The molecule has 0 amide bonds. The highest BCUT2D eigenvalue weighted by Crippen LogP contribution is 2.23. The Labute approximate surface area is 115 Å². The average molecular weight is 280 g/mol. The fraction of sp³-hybridized carbons (Fsp3) is 0.429. The van der Waals surface area contributed by atoms with E-state index in [1.807, 2.05) is 19.9 Å². The van der Waals surface area contributed by atoms with Crippen LogP contribution in [0.3, 0.4) is 0 Å². The van der Waals surface area contributed by atoms with Crippen molar-refractivity contribution in [3.05, 3.63) is 35.4 Å². The van der Waals surface area contributed by atoms with Gasteiger partial charge in [-0.15, -0.1) is 0 Å². The molecule has 2 N–H and O–H groups in total. The first-order chi connectivity index (χ1) is 8.95. The summed E-state index contributed by atoms with van der Waals surface area (Å²) in [4.78, 5) is 0.287. The largest absolute Gasteiger partial charge is 0.398 e. The summed E-state index contributed by atoms with van der Waals surface area (Å²) >= 11 is 0. The summed E-state index contributed by atoms with van der Waals surface area (Å²) in [6, 6.07) is 5.02. The van der Waals surface area contributed by atoms with Gasteiger partial charge in [-0.05, 0) is 37.5 Å². The molecule has 0 saturated carbocycles. The van der Waals surface area contributed by atoms with Crippen molar-refractivity contribution in [1.29, 1.82) is 0 Å². The van der Waals surface area contributed by atoms with E-state index >= 15 is 0 Å². The number of nitrogen functional groups attached to an aromatic ring is 1. The number of nitrogens with zero attached hydrogens (tertiary/aromatic N) is 1. The molecule has 1 heterocycles. The van der Waals surface area contributed by atoms with Crippen molar-refractivity contribution in [3.63, 3.8) is 0 Å². The van der Waals surface area contributed by atoms with Crippen LogP contribution < -0.4 is 5.73 Å². The Morgan fingerprint density at radius 1 is 1.37 bits per heavy atom. The lowest BCUT2D eigenvalue weighted by Crippen LogP contribution is -2.34. The van der Waals surface area contributed by atoms with Crippen molar-refractivity contribution in [2.75, 3.05) is 18.8 Å². The average Bonchev–Trinajstić information content (AvgIpc) is 2.39. The molecule has 0 bridgehead atoms. The Balaban J connectivity index is 2.32. The van der Waals surface area contributed by atoms with Gasteiger partial charge in [0.2, 0.25) is 10.0 Å². The number of benzene rings is 1. The quantitative estimate of drug-likeness (QED) is 0.682. The molecule has 0 radical (unpaired) electrons. The number of anilines is 1. The van der Waals surface area contributed by atoms with Crippen LogP contribution in [0.4, 0.5) is 5.69 Å². The van der Waals surface area contributed by atoms with Crippen LogP contribution in [0, 0.1) is 0 Å². The molecule has 19 heavy (non-hydrogen) atoms. The summed E-state index contributed by atoms with van der Waals surface area (Å²) in [7, 11) is -3.42. The highest BCUT2D eigenvalue weighted by atomic mass is 32.2. The third-order valence-electron chi connectivity index (χ3n) is 3.53. The molecule has 1 aromatic carbocycles. The monoisotopic (exact) mass is 280 g/mol. The molecule has 0 aliphatic carbocycles. The van der Waals surface area contributed by atoms with E-state index in [1.165, 1.54) is 9.88 Å². The van der Waals surface area contributed by atoms with Crippen molar-refractivity contribution in [2.45, 2.75) is 31.6 Å². The Morgan fingerprint density at radius 3 is 2.63 bits per heavy atom. The van der Waals surface area contributed by atoms with Gasteiger partial charge in [-0.25, -0.2) is 8.42 Å².